The number of halogens is 1. The molecule has 4 rings (SSSR count). The summed E-state index contributed by atoms with van der Waals surface area (Å²) in [5, 5.41) is 30.8. The van der Waals surface area contributed by atoms with Crippen molar-refractivity contribution in [2.24, 2.45) is 5.41 Å². The van der Waals surface area contributed by atoms with Crippen molar-refractivity contribution in [3.8, 4) is 11.8 Å². The van der Waals surface area contributed by atoms with E-state index < -0.39 is 36.1 Å². The lowest BCUT2D eigenvalue weighted by Crippen LogP contribution is -2.54. The normalized spacial score (nSPS) is 14.8. The standard InChI is InChI=1S/C37H46FN7O5/c1-37(2,3)34(35(49)45-17-14-30(47)23-45)44-33(48)10-5-4-6-15-39-21-26-9-7-8-25(18-26)11-12-28-19-29(13-16-40-28)42-36(50)43-31-20-32(38)41-22-27(31)24-46/h7-9,13,16,18-20,22,30,34,39,46-47H,4-6,10,14-15,17,21,23-24H2,1-3H3,(H,44,48)(H2,40,41,42,43,50)/t30-,34-/m1/s1. The third-order valence-corrected chi connectivity index (χ3v) is 8.13. The lowest BCUT2D eigenvalue weighted by molar-refractivity contribution is -0.138. The van der Waals surface area contributed by atoms with E-state index in [0.717, 1.165) is 49.2 Å². The molecule has 266 valence electrons. The van der Waals surface area contributed by atoms with E-state index in [1.807, 2.05) is 45.0 Å². The van der Waals surface area contributed by atoms with E-state index in [9.17, 15) is 29.0 Å². The molecule has 0 saturated carbocycles. The average molecular weight is 688 g/mol. The predicted octanol–water partition coefficient (Wildman–Crippen LogP) is 3.93. The summed E-state index contributed by atoms with van der Waals surface area (Å²) in [7, 11) is 0. The first kappa shape index (κ1) is 37.9. The summed E-state index contributed by atoms with van der Waals surface area (Å²) in [5.41, 5.74) is 2.69. The van der Waals surface area contributed by atoms with Crippen LogP contribution in [-0.2, 0) is 22.7 Å². The van der Waals surface area contributed by atoms with Crippen molar-refractivity contribution >= 4 is 29.2 Å². The van der Waals surface area contributed by atoms with E-state index in [-0.39, 0.29) is 23.1 Å². The van der Waals surface area contributed by atoms with E-state index in [4.69, 9.17) is 0 Å². The number of hydrogen-bond acceptors (Lipinski definition) is 8. The van der Waals surface area contributed by atoms with Crippen LogP contribution < -0.4 is 21.3 Å². The zero-order valence-corrected chi connectivity index (χ0v) is 28.8. The Morgan fingerprint density at radius 3 is 2.62 bits per heavy atom. The number of pyridine rings is 2. The molecule has 0 radical (unpaired) electrons. The molecular weight excluding hydrogens is 641 g/mol. The van der Waals surface area contributed by atoms with Crippen molar-refractivity contribution in [3.63, 3.8) is 0 Å². The van der Waals surface area contributed by atoms with Gasteiger partial charge in [0.1, 0.15) is 11.7 Å². The van der Waals surface area contributed by atoms with Crippen LogP contribution in [0, 0.1) is 23.2 Å². The number of aliphatic hydroxyl groups is 2. The van der Waals surface area contributed by atoms with Gasteiger partial charge in [-0.2, -0.15) is 4.39 Å². The number of amides is 4. The second-order valence-electron chi connectivity index (χ2n) is 13.4. The first-order chi connectivity index (χ1) is 23.9. The van der Waals surface area contributed by atoms with Gasteiger partial charge < -0.3 is 36.4 Å². The van der Waals surface area contributed by atoms with Crippen LogP contribution in [0.15, 0.2) is 54.9 Å². The predicted molar refractivity (Wildman–Crippen MR) is 188 cm³/mol. The molecule has 1 aliphatic rings. The number of aromatic nitrogens is 2. The van der Waals surface area contributed by atoms with Gasteiger partial charge in [0.25, 0.3) is 0 Å². The molecule has 1 fully saturated rings. The number of carbonyl (C=O) groups is 3. The highest BCUT2D eigenvalue weighted by atomic mass is 19.1. The third-order valence-electron chi connectivity index (χ3n) is 8.13. The largest absolute Gasteiger partial charge is 0.392 e. The van der Waals surface area contributed by atoms with Crippen molar-refractivity contribution < 1.29 is 29.0 Å². The number of nitrogens with zero attached hydrogens (tertiary/aromatic N) is 3. The van der Waals surface area contributed by atoms with Crippen molar-refractivity contribution in [1.29, 1.82) is 0 Å². The lowest BCUT2D eigenvalue weighted by Gasteiger charge is -2.33. The topological polar surface area (TPSA) is 169 Å². The van der Waals surface area contributed by atoms with Gasteiger partial charge in [-0.15, -0.1) is 0 Å². The van der Waals surface area contributed by atoms with Crippen molar-refractivity contribution in [3.05, 3.63) is 83.2 Å². The molecule has 2 aromatic heterocycles. The van der Waals surface area contributed by atoms with Gasteiger partial charge in [0, 0.05) is 61.3 Å². The van der Waals surface area contributed by atoms with Gasteiger partial charge in [0.15, 0.2) is 0 Å². The average Bonchev–Trinajstić information content (AvgIpc) is 3.51. The Balaban J connectivity index is 1.17. The molecule has 1 aliphatic heterocycles. The summed E-state index contributed by atoms with van der Waals surface area (Å²) in [6.45, 7) is 7.65. The molecule has 6 N–H and O–H groups in total. The van der Waals surface area contributed by atoms with Gasteiger partial charge in [-0.3, -0.25) is 9.59 Å². The lowest BCUT2D eigenvalue weighted by atomic mass is 9.85. The summed E-state index contributed by atoms with van der Waals surface area (Å²) in [6, 6.07) is 10.8. The summed E-state index contributed by atoms with van der Waals surface area (Å²) >= 11 is 0. The molecule has 0 aliphatic carbocycles. The zero-order chi connectivity index (χ0) is 36.1. The molecule has 2 atom stereocenters. The Labute approximate surface area is 292 Å². The Kier molecular flexibility index (Phi) is 13.8. The van der Waals surface area contributed by atoms with Crippen LogP contribution in [0.2, 0.25) is 0 Å². The Morgan fingerprint density at radius 2 is 1.88 bits per heavy atom. The number of likely N-dealkylation sites (tertiary alicyclic amines) is 1. The molecular formula is C37H46FN7O5. The Bertz CT molecular complexity index is 1700. The van der Waals surface area contributed by atoms with Gasteiger partial charge in [-0.1, -0.05) is 45.2 Å². The molecule has 12 nitrogen and oxygen atoms in total. The summed E-state index contributed by atoms with van der Waals surface area (Å²) < 4.78 is 13.5. The molecule has 1 saturated heterocycles. The second kappa shape index (κ2) is 18.2. The minimum absolute atomic E-state index is 0.113. The van der Waals surface area contributed by atoms with Crippen LogP contribution in [0.3, 0.4) is 0 Å². The maximum atomic E-state index is 13.5. The van der Waals surface area contributed by atoms with Crippen LogP contribution in [0.4, 0.5) is 20.6 Å². The van der Waals surface area contributed by atoms with Crippen LogP contribution in [0.1, 0.15) is 75.3 Å². The van der Waals surface area contributed by atoms with E-state index in [2.05, 4.69) is 43.1 Å². The first-order valence-corrected chi connectivity index (χ1v) is 16.8. The Hall–Kier alpha value is -4.90. The molecule has 0 spiro atoms. The van der Waals surface area contributed by atoms with Crippen molar-refractivity contribution in [1.82, 2.24) is 25.5 Å². The van der Waals surface area contributed by atoms with Crippen LogP contribution in [0.5, 0.6) is 0 Å². The fraction of sp³-hybridized carbons (Fsp3) is 0.432. The van der Waals surface area contributed by atoms with Gasteiger partial charge in [0.05, 0.1) is 18.4 Å². The van der Waals surface area contributed by atoms with E-state index in [1.165, 1.54) is 6.20 Å². The number of carbonyl (C=O) groups excluding carboxylic acids is 3. The number of benzene rings is 1. The minimum atomic E-state index is -0.782. The van der Waals surface area contributed by atoms with Crippen molar-refractivity contribution in [2.45, 2.75) is 78.2 Å². The van der Waals surface area contributed by atoms with Gasteiger partial charge in [0.2, 0.25) is 17.8 Å². The molecule has 3 heterocycles. The maximum absolute atomic E-state index is 13.5. The molecule has 0 bridgehead atoms. The SMILES string of the molecule is CC(C)(C)[C@H](NC(=O)CCCCCNCc1cccc(C#Cc2cc(NC(=O)Nc3cc(F)ncc3CO)ccn2)c1)C(=O)N1CC[C@@H](O)C1. The molecule has 0 unspecified atom stereocenters. The number of nitrogens with one attached hydrogen (secondary N) is 4. The third kappa shape index (κ3) is 11.9. The first-order valence-electron chi connectivity index (χ1n) is 16.8. The summed E-state index contributed by atoms with van der Waals surface area (Å²) in [4.78, 5) is 47.5. The minimum Gasteiger partial charge on any atom is -0.392 e. The number of β-amino-alcohol motifs (C(OH)–C–C–N with tert-alkyl or cyclic N) is 1. The number of urea groups is 1. The highest BCUT2D eigenvalue weighted by molar-refractivity contribution is 6.00. The molecule has 50 heavy (non-hydrogen) atoms. The summed E-state index contributed by atoms with van der Waals surface area (Å²) in [6.07, 6.45) is 5.57. The fourth-order valence-electron chi connectivity index (χ4n) is 5.41. The van der Waals surface area contributed by atoms with Crippen LogP contribution in [-0.4, -0.2) is 74.7 Å². The monoisotopic (exact) mass is 687 g/mol. The van der Waals surface area contributed by atoms with E-state index in [0.29, 0.717) is 43.9 Å². The van der Waals surface area contributed by atoms with Crippen LogP contribution >= 0.6 is 0 Å². The van der Waals surface area contributed by atoms with E-state index >= 15 is 0 Å². The second-order valence-corrected chi connectivity index (χ2v) is 13.4. The maximum Gasteiger partial charge on any atom is 0.323 e. The number of hydrogen-bond donors (Lipinski definition) is 6. The fourth-order valence-corrected chi connectivity index (χ4v) is 5.41. The molecule has 1 aromatic carbocycles. The smallest absolute Gasteiger partial charge is 0.323 e. The number of unbranched alkanes of at least 4 members (excludes halogenated alkanes) is 2. The highest BCUT2D eigenvalue weighted by Crippen LogP contribution is 2.23. The van der Waals surface area contributed by atoms with E-state index in [1.54, 1.807) is 17.0 Å². The zero-order valence-electron chi connectivity index (χ0n) is 28.8. The molecule has 13 heteroatoms. The number of aliphatic hydroxyl groups excluding tert-OH is 2. The van der Waals surface area contributed by atoms with Gasteiger partial charge in [-0.05, 0) is 67.0 Å². The quantitative estimate of drug-likeness (QED) is 0.0893. The van der Waals surface area contributed by atoms with Gasteiger partial charge >= 0.3 is 6.03 Å². The number of rotatable bonds is 13. The van der Waals surface area contributed by atoms with Crippen molar-refractivity contribution in [2.75, 3.05) is 30.3 Å². The molecule has 3 aromatic rings. The number of anilines is 2. The summed E-state index contributed by atoms with van der Waals surface area (Å²) in [5.74, 6) is 5.06. The highest BCUT2D eigenvalue weighted by Gasteiger charge is 2.37. The van der Waals surface area contributed by atoms with Crippen LogP contribution in [0.25, 0.3) is 0 Å². The Morgan fingerprint density at radius 1 is 1.06 bits per heavy atom. The molecule has 4 amide bonds. The van der Waals surface area contributed by atoms with Gasteiger partial charge in [-0.25, -0.2) is 14.8 Å².